The predicted molar refractivity (Wildman–Crippen MR) is 97.5 cm³/mol. The molecule has 3 nitrogen and oxygen atoms in total. The van der Waals surface area contributed by atoms with E-state index in [4.69, 9.17) is 4.99 Å². The van der Waals surface area contributed by atoms with Crippen LogP contribution < -0.4 is 5.32 Å². The van der Waals surface area contributed by atoms with E-state index < -0.39 is 0 Å². The van der Waals surface area contributed by atoms with Gasteiger partial charge in [0.2, 0.25) is 0 Å². The minimum atomic E-state index is 0.0740. The van der Waals surface area contributed by atoms with Crippen LogP contribution in [0, 0.1) is 0 Å². The first-order chi connectivity index (χ1) is 10.8. The third-order valence-corrected chi connectivity index (χ3v) is 4.53. The van der Waals surface area contributed by atoms with Crippen LogP contribution >= 0.6 is 0 Å². The summed E-state index contributed by atoms with van der Waals surface area (Å²) >= 11 is 0. The van der Waals surface area contributed by atoms with Crippen molar-refractivity contribution in [2.24, 2.45) is 4.99 Å². The minimum Gasteiger partial charge on any atom is -0.507 e. The first kappa shape index (κ1) is 16.0. The largest absolute Gasteiger partial charge is 0.507 e. The predicted octanol–water partition coefficient (Wildman–Crippen LogP) is 4.27. The van der Waals surface area contributed by atoms with Crippen LogP contribution in [0.4, 0.5) is 0 Å². The van der Waals surface area contributed by atoms with E-state index in [0.717, 1.165) is 29.2 Å². The van der Waals surface area contributed by atoms with Crippen molar-refractivity contribution < 1.29 is 5.11 Å². The summed E-state index contributed by atoms with van der Waals surface area (Å²) in [5.74, 6) is 0.292. The number of nitrogens with zero attached hydrogens (tertiary/aromatic N) is 1. The topological polar surface area (TPSA) is 44.6 Å². The van der Waals surface area contributed by atoms with Gasteiger partial charge in [0.15, 0.2) is 0 Å². The maximum Gasteiger partial charge on any atom is 0.124 e. The molecule has 122 valence electrons. The number of fused-ring (bicyclic) bond motifs is 1. The number of aliphatic imine (C=N–C) groups is 1. The first-order valence-electron chi connectivity index (χ1n) is 8.29. The Morgan fingerprint density at radius 1 is 1.04 bits per heavy atom. The van der Waals surface area contributed by atoms with Gasteiger partial charge in [-0.2, -0.15) is 0 Å². The van der Waals surface area contributed by atoms with Crippen molar-refractivity contribution in [2.75, 3.05) is 0 Å². The fourth-order valence-electron chi connectivity index (χ4n) is 3.97. The number of phenols is 1. The van der Waals surface area contributed by atoms with Gasteiger partial charge in [0.05, 0.1) is 6.04 Å². The van der Waals surface area contributed by atoms with Gasteiger partial charge < -0.3 is 10.4 Å². The fourth-order valence-corrected chi connectivity index (χ4v) is 3.97. The zero-order chi connectivity index (χ0) is 16.7. The number of nitrogens with one attached hydrogen (secondary N) is 1. The van der Waals surface area contributed by atoms with Crippen LogP contribution in [-0.2, 0) is 0 Å². The molecule has 2 aromatic carbocycles. The normalized spacial score (nSPS) is 21.0. The summed E-state index contributed by atoms with van der Waals surface area (Å²) in [6, 6.07) is 12.1. The van der Waals surface area contributed by atoms with Crippen LogP contribution in [0.2, 0.25) is 0 Å². The van der Waals surface area contributed by atoms with E-state index in [9.17, 15) is 5.11 Å². The van der Waals surface area contributed by atoms with Gasteiger partial charge in [0.1, 0.15) is 5.75 Å². The highest BCUT2D eigenvalue weighted by Gasteiger charge is 2.37. The number of aromatic hydroxyl groups is 1. The first-order valence-corrected chi connectivity index (χ1v) is 8.29. The number of rotatable bonds is 2. The molecule has 0 atom stereocenters. The number of piperidine rings is 1. The Labute approximate surface area is 138 Å². The number of benzene rings is 2. The second-order valence-electron chi connectivity index (χ2n) is 7.95. The highest BCUT2D eigenvalue weighted by molar-refractivity contribution is 6.02. The van der Waals surface area contributed by atoms with Gasteiger partial charge in [-0.25, -0.2) is 0 Å². The maximum atomic E-state index is 10.2. The summed E-state index contributed by atoms with van der Waals surface area (Å²) in [6.07, 6.45) is 3.86. The Balaban J connectivity index is 1.93. The lowest BCUT2D eigenvalue weighted by Crippen LogP contribution is -2.58. The molecular weight excluding hydrogens is 284 g/mol. The van der Waals surface area contributed by atoms with Crippen molar-refractivity contribution in [3.63, 3.8) is 0 Å². The molecule has 0 radical (unpaired) electrons. The second kappa shape index (κ2) is 5.64. The Morgan fingerprint density at radius 3 is 2.39 bits per heavy atom. The van der Waals surface area contributed by atoms with Gasteiger partial charge in [-0.3, -0.25) is 4.99 Å². The zero-order valence-electron chi connectivity index (χ0n) is 14.4. The van der Waals surface area contributed by atoms with Crippen molar-refractivity contribution in [3.8, 4) is 5.75 Å². The number of hydrogen-bond donors (Lipinski definition) is 2. The molecule has 23 heavy (non-hydrogen) atoms. The minimum absolute atomic E-state index is 0.0740. The highest BCUT2D eigenvalue weighted by atomic mass is 16.3. The summed E-state index contributed by atoms with van der Waals surface area (Å²) < 4.78 is 0. The highest BCUT2D eigenvalue weighted by Crippen LogP contribution is 2.31. The Morgan fingerprint density at radius 2 is 1.70 bits per heavy atom. The van der Waals surface area contributed by atoms with E-state index in [0.29, 0.717) is 5.75 Å². The average molecular weight is 310 g/mol. The molecule has 0 aliphatic carbocycles. The Bertz CT molecular complexity index is 730. The zero-order valence-corrected chi connectivity index (χ0v) is 14.4. The van der Waals surface area contributed by atoms with E-state index in [-0.39, 0.29) is 17.1 Å². The lowest BCUT2D eigenvalue weighted by Gasteiger charge is -2.45. The molecule has 2 N–H and O–H groups in total. The number of hydrogen-bond acceptors (Lipinski definition) is 3. The molecule has 2 aromatic rings. The quantitative estimate of drug-likeness (QED) is 0.813. The third kappa shape index (κ3) is 3.56. The van der Waals surface area contributed by atoms with Crippen molar-refractivity contribution in [1.82, 2.24) is 5.32 Å². The summed E-state index contributed by atoms with van der Waals surface area (Å²) in [4.78, 5) is 4.83. The maximum absolute atomic E-state index is 10.2. The molecule has 1 fully saturated rings. The number of phenolic OH excluding ortho intramolecular Hbond substituents is 1. The second-order valence-corrected chi connectivity index (χ2v) is 7.95. The summed E-state index contributed by atoms with van der Waals surface area (Å²) in [6.45, 7) is 8.91. The van der Waals surface area contributed by atoms with Crippen molar-refractivity contribution in [2.45, 2.75) is 57.7 Å². The molecule has 0 unspecified atom stereocenters. The Hall–Kier alpha value is -1.87. The lowest BCUT2D eigenvalue weighted by atomic mass is 9.80. The van der Waals surface area contributed by atoms with Gasteiger partial charge >= 0.3 is 0 Å². The van der Waals surface area contributed by atoms with E-state index in [1.165, 1.54) is 0 Å². The molecule has 1 saturated heterocycles. The van der Waals surface area contributed by atoms with Crippen molar-refractivity contribution in [3.05, 3.63) is 42.0 Å². The van der Waals surface area contributed by atoms with Crippen LogP contribution in [0.3, 0.4) is 0 Å². The van der Waals surface area contributed by atoms with Crippen LogP contribution in [0.5, 0.6) is 5.75 Å². The fraction of sp³-hybridized carbons (Fsp3) is 0.450. The molecule has 0 amide bonds. The van der Waals surface area contributed by atoms with Crippen molar-refractivity contribution in [1.29, 1.82) is 0 Å². The molecule has 1 aliphatic rings. The van der Waals surface area contributed by atoms with Gasteiger partial charge in [-0.15, -0.1) is 0 Å². The summed E-state index contributed by atoms with van der Waals surface area (Å²) in [5.41, 5.74) is 0.965. The van der Waals surface area contributed by atoms with Crippen LogP contribution in [0.25, 0.3) is 10.8 Å². The van der Waals surface area contributed by atoms with Crippen LogP contribution in [0.1, 0.15) is 46.1 Å². The van der Waals surface area contributed by atoms with Gasteiger partial charge in [-0.1, -0.05) is 30.3 Å². The van der Waals surface area contributed by atoms with E-state index >= 15 is 0 Å². The molecule has 1 aliphatic heterocycles. The third-order valence-electron chi connectivity index (χ3n) is 4.53. The molecule has 0 saturated carbocycles. The molecule has 1 heterocycles. The van der Waals surface area contributed by atoms with Crippen LogP contribution in [0.15, 0.2) is 41.4 Å². The monoisotopic (exact) mass is 310 g/mol. The van der Waals surface area contributed by atoms with Gasteiger partial charge in [-0.05, 0) is 57.4 Å². The summed E-state index contributed by atoms with van der Waals surface area (Å²) in [7, 11) is 0. The lowest BCUT2D eigenvalue weighted by molar-refractivity contribution is 0.164. The molecular formula is C20H26N2O. The van der Waals surface area contributed by atoms with E-state index in [2.05, 4.69) is 39.1 Å². The van der Waals surface area contributed by atoms with Crippen molar-refractivity contribution >= 4 is 17.0 Å². The van der Waals surface area contributed by atoms with Crippen LogP contribution in [-0.4, -0.2) is 28.4 Å². The van der Waals surface area contributed by atoms with E-state index in [1.807, 2.05) is 30.5 Å². The molecule has 0 aromatic heterocycles. The Kier molecular flexibility index (Phi) is 3.93. The molecule has 0 spiro atoms. The molecule has 0 bridgehead atoms. The van der Waals surface area contributed by atoms with E-state index in [1.54, 1.807) is 6.07 Å². The standard InChI is InChI=1S/C20H26N2O/c1-19(2)11-15(12-20(3,4)22-19)21-13-17-16-8-6-5-7-14(16)9-10-18(17)23/h5-10,13,15,22-23H,11-12H2,1-4H3. The van der Waals surface area contributed by atoms with Gasteiger partial charge in [0, 0.05) is 22.9 Å². The smallest absolute Gasteiger partial charge is 0.124 e. The molecule has 3 heteroatoms. The van der Waals surface area contributed by atoms with Gasteiger partial charge in [0.25, 0.3) is 0 Å². The summed E-state index contributed by atoms with van der Waals surface area (Å²) in [5, 5.41) is 16.1. The molecule has 3 rings (SSSR count). The SMILES string of the molecule is CC1(C)CC(N=Cc2c(O)ccc3ccccc23)CC(C)(C)N1. The average Bonchev–Trinajstić information content (AvgIpc) is 2.43.